The number of hydrogen-bond donors (Lipinski definition) is 2. The van der Waals surface area contributed by atoms with Gasteiger partial charge in [-0.25, -0.2) is 9.18 Å². The third kappa shape index (κ3) is 1.99. The minimum atomic E-state index is -0.321. The first-order valence-electron chi connectivity index (χ1n) is 5.80. The van der Waals surface area contributed by atoms with E-state index in [4.69, 9.17) is 0 Å². The molecule has 2 aromatic carbocycles. The maximum atomic E-state index is 12.8. The molecule has 19 heavy (non-hydrogen) atoms. The van der Waals surface area contributed by atoms with Crippen LogP contribution in [-0.2, 0) is 6.54 Å². The van der Waals surface area contributed by atoms with Crippen LogP contribution < -0.4 is 5.69 Å². The molecule has 0 fully saturated rings. The van der Waals surface area contributed by atoms with Crippen LogP contribution in [0, 0.1) is 5.82 Å². The van der Waals surface area contributed by atoms with Gasteiger partial charge in [0.15, 0.2) is 0 Å². The molecular weight excluding hydrogens is 247 g/mol. The molecular formula is C14H11FN2O2. The van der Waals surface area contributed by atoms with Gasteiger partial charge in [0.05, 0.1) is 12.1 Å². The Kier molecular flexibility index (Phi) is 2.59. The van der Waals surface area contributed by atoms with Crippen molar-refractivity contribution in [2.75, 3.05) is 0 Å². The highest BCUT2D eigenvalue weighted by molar-refractivity contribution is 5.81. The van der Waals surface area contributed by atoms with Crippen LogP contribution in [0.5, 0.6) is 5.75 Å². The first-order chi connectivity index (χ1) is 9.15. The standard InChI is InChI=1S/C14H11FN2O2/c15-10-6-4-9(5-7-10)8-17-13-11(16-14(17)19)2-1-3-12(13)18/h1-7,18H,8H2,(H,16,19). The van der Waals surface area contributed by atoms with Crippen LogP contribution in [0.3, 0.4) is 0 Å². The highest BCUT2D eigenvalue weighted by atomic mass is 19.1. The molecule has 0 bridgehead atoms. The van der Waals surface area contributed by atoms with Crippen LogP contribution in [-0.4, -0.2) is 14.7 Å². The molecule has 0 unspecified atom stereocenters. The summed E-state index contributed by atoms with van der Waals surface area (Å²) in [6, 6.07) is 10.8. The molecule has 0 atom stereocenters. The number of phenolic OH excluding ortho intramolecular Hbond substituents is 1. The van der Waals surface area contributed by atoms with E-state index in [1.54, 1.807) is 24.3 Å². The van der Waals surface area contributed by atoms with Crippen LogP contribution >= 0.6 is 0 Å². The van der Waals surface area contributed by atoms with Crippen molar-refractivity contribution in [3.63, 3.8) is 0 Å². The number of halogens is 1. The second-order valence-electron chi connectivity index (χ2n) is 4.32. The molecule has 0 aliphatic rings. The highest BCUT2D eigenvalue weighted by Gasteiger charge is 2.10. The molecule has 96 valence electrons. The summed E-state index contributed by atoms with van der Waals surface area (Å²) in [5.74, 6) is -0.282. The Morgan fingerprint density at radius 2 is 1.89 bits per heavy atom. The summed E-state index contributed by atoms with van der Waals surface area (Å²) in [7, 11) is 0. The molecule has 1 aromatic heterocycles. The van der Waals surface area contributed by atoms with E-state index in [-0.39, 0.29) is 23.8 Å². The van der Waals surface area contributed by atoms with E-state index in [2.05, 4.69) is 4.98 Å². The number of nitrogens with zero attached hydrogens (tertiary/aromatic N) is 1. The fraction of sp³-hybridized carbons (Fsp3) is 0.0714. The van der Waals surface area contributed by atoms with E-state index < -0.39 is 0 Å². The lowest BCUT2D eigenvalue weighted by molar-refractivity contribution is 0.478. The van der Waals surface area contributed by atoms with Gasteiger partial charge < -0.3 is 10.1 Å². The molecule has 0 aliphatic heterocycles. The number of nitrogens with one attached hydrogen (secondary N) is 1. The summed E-state index contributed by atoms with van der Waals surface area (Å²) in [6.07, 6.45) is 0. The molecule has 0 spiro atoms. The molecule has 0 saturated carbocycles. The second-order valence-corrected chi connectivity index (χ2v) is 4.32. The SMILES string of the molecule is O=c1[nH]c2cccc(O)c2n1Cc1ccc(F)cc1. The quantitative estimate of drug-likeness (QED) is 0.740. The van der Waals surface area contributed by atoms with E-state index >= 15 is 0 Å². The summed E-state index contributed by atoms with van der Waals surface area (Å²) >= 11 is 0. The van der Waals surface area contributed by atoms with Crippen LogP contribution in [0.15, 0.2) is 47.3 Å². The van der Waals surface area contributed by atoms with Crippen molar-refractivity contribution in [1.29, 1.82) is 0 Å². The third-order valence-electron chi connectivity index (χ3n) is 3.03. The van der Waals surface area contributed by atoms with Crippen LogP contribution in [0.25, 0.3) is 11.0 Å². The number of rotatable bonds is 2. The molecule has 5 heteroatoms. The highest BCUT2D eigenvalue weighted by Crippen LogP contribution is 2.22. The van der Waals surface area contributed by atoms with Gasteiger partial charge in [-0.3, -0.25) is 4.57 Å². The lowest BCUT2D eigenvalue weighted by Gasteiger charge is -2.05. The third-order valence-corrected chi connectivity index (χ3v) is 3.03. The molecule has 3 rings (SSSR count). The Labute approximate surface area is 107 Å². The average molecular weight is 258 g/mol. The van der Waals surface area contributed by atoms with Gasteiger partial charge in [-0.05, 0) is 29.8 Å². The van der Waals surface area contributed by atoms with Crippen LogP contribution in [0.4, 0.5) is 4.39 Å². The van der Waals surface area contributed by atoms with Crippen molar-refractivity contribution in [3.05, 3.63) is 64.3 Å². The number of benzene rings is 2. The zero-order valence-corrected chi connectivity index (χ0v) is 9.93. The van der Waals surface area contributed by atoms with Gasteiger partial charge in [0, 0.05) is 0 Å². The number of para-hydroxylation sites is 1. The maximum absolute atomic E-state index is 12.8. The fourth-order valence-corrected chi connectivity index (χ4v) is 2.12. The number of hydrogen-bond acceptors (Lipinski definition) is 2. The number of fused-ring (bicyclic) bond motifs is 1. The Morgan fingerprint density at radius 1 is 1.16 bits per heavy atom. The molecule has 0 amide bonds. The largest absolute Gasteiger partial charge is 0.506 e. The van der Waals surface area contributed by atoms with Crippen LogP contribution in [0.1, 0.15) is 5.56 Å². The molecule has 4 nitrogen and oxygen atoms in total. The van der Waals surface area contributed by atoms with Crippen molar-refractivity contribution in [2.24, 2.45) is 0 Å². The molecule has 2 N–H and O–H groups in total. The molecule has 0 radical (unpaired) electrons. The van der Waals surface area contributed by atoms with Gasteiger partial charge >= 0.3 is 5.69 Å². The van der Waals surface area contributed by atoms with Crippen molar-refractivity contribution in [2.45, 2.75) is 6.54 Å². The van der Waals surface area contributed by atoms with Crippen LogP contribution in [0.2, 0.25) is 0 Å². The van der Waals surface area contributed by atoms with Crippen molar-refractivity contribution < 1.29 is 9.50 Å². The summed E-state index contributed by atoms with van der Waals surface area (Å²) in [5.41, 5.74) is 1.51. The van der Waals surface area contributed by atoms with Gasteiger partial charge in [-0.2, -0.15) is 0 Å². The minimum Gasteiger partial charge on any atom is -0.506 e. The predicted octanol–water partition coefficient (Wildman–Crippen LogP) is 2.22. The number of aromatic amines is 1. The Morgan fingerprint density at radius 3 is 2.63 bits per heavy atom. The normalized spacial score (nSPS) is 11.0. The Balaban J connectivity index is 2.12. The predicted molar refractivity (Wildman–Crippen MR) is 69.7 cm³/mol. The lowest BCUT2D eigenvalue weighted by atomic mass is 10.2. The van der Waals surface area contributed by atoms with E-state index in [0.29, 0.717) is 11.0 Å². The summed E-state index contributed by atoms with van der Waals surface area (Å²) in [5, 5.41) is 9.85. The Hall–Kier alpha value is -2.56. The number of H-pyrrole nitrogens is 1. The molecule has 0 saturated heterocycles. The number of aromatic hydroxyl groups is 1. The maximum Gasteiger partial charge on any atom is 0.326 e. The minimum absolute atomic E-state index is 0.0398. The van der Waals surface area contributed by atoms with Gasteiger partial charge in [-0.1, -0.05) is 18.2 Å². The summed E-state index contributed by atoms with van der Waals surface area (Å²) < 4.78 is 14.3. The average Bonchev–Trinajstić information content (AvgIpc) is 2.70. The summed E-state index contributed by atoms with van der Waals surface area (Å²) in [6.45, 7) is 0.274. The summed E-state index contributed by atoms with van der Waals surface area (Å²) in [4.78, 5) is 14.6. The van der Waals surface area contributed by atoms with E-state index in [9.17, 15) is 14.3 Å². The second kappa shape index (κ2) is 4.28. The Bertz CT molecular complexity index is 787. The zero-order chi connectivity index (χ0) is 13.4. The smallest absolute Gasteiger partial charge is 0.326 e. The first kappa shape index (κ1) is 11.5. The lowest BCUT2D eigenvalue weighted by Crippen LogP contribution is -2.17. The van der Waals surface area contributed by atoms with Crippen molar-refractivity contribution in [1.82, 2.24) is 9.55 Å². The van der Waals surface area contributed by atoms with E-state index in [0.717, 1.165) is 5.56 Å². The van der Waals surface area contributed by atoms with Gasteiger partial charge in [0.25, 0.3) is 0 Å². The topological polar surface area (TPSA) is 58.0 Å². The molecule has 0 aliphatic carbocycles. The molecule has 3 aromatic rings. The van der Waals surface area contributed by atoms with Gasteiger partial charge in [0.1, 0.15) is 17.1 Å². The molecule has 1 heterocycles. The van der Waals surface area contributed by atoms with Crippen molar-refractivity contribution in [3.8, 4) is 5.75 Å². The number of aromatic nitrogens is 2. The first-order valence-corrected chi connectivity index (χ1v) is 5.80. The monoisotopic (exact) mass is 258 g/mol. The van der Waals surface area contributed by atoms with E-state index in [1.807, 2.05) is 0 Å². The fourth-order valence-electron chi connectivity index (χ4n) is 2.12. The zero-order valence-electron chi connectivity index (χ0n) is 9.93. The van der Waals surface area contributed by atoms with Crippen molar-refractivity contribution >= 4 is 11.0 Å². The number of imidazole rings is 1. The van der Waals surface area contributed by atoms with Gasteiger partial charge in [0.2, 0.25) is 0 Å². The van der Waals surface area contributed by atoms with E-state index in [1.165, 1.54) is 22.8 Å². The van der Waals surface area contributed by atoms with Gasteiger partial charge in [-0.15, -0.1) is 0 Å². The number of phenols is 1.